The zero-order chi connectivity index (χ0) is 72.1. The van der Waals surface area contributed by atoms with Crippen LogP contribution in [0.15, 0.2) is 356 Å². The fraction of sp³-hybridized carbons (Fsp3) is 0.0297. The Morgan fingerprint density at radius 1 is 0.257 bits per heavy atom. The Morgan fingerprint density at radius 2 is 0.637 bits per heavy atom. The summed E-state index contributed by atoms with van der Waals surface area (Å²) in [5.74, 6) is 10.5. The molecule has 0 bridgehead atoms. The van der Waals surface area contributed by atoms with Crippen LogP contribution in [0.1, 0.15) is 22.3 Å². The van der Waals surface area contributed by atoms with Crippen LogP contribution in [0.25, 0.3) is 103 Å². The van der Waals surface area contributed by atoms with Crippen LogP contribution in [0.4, 0.5) is 0 Å². The van der Waals surface area contributed by atoms with Gasteiger partial charge in [0, 0.05) is 64.0 Å². The van der Waals surface area contributed by atoms with E-state index >= 15 is 0 Å². The van der Waals surface area contributed by atoms with Crippen LogP contribution in [0.2, 0.25) is 0 Å². The number of ether oxygens (including phenoxy) is 6. The molecule has 0 radical (unpaired) electrons. The SMILES string of the molecule is C.C.C.c1ccc(-c2cc3cc(-c4cc5c6c(c4)Oc4ccccc4B6c4ccccc4O5)ccc3n2-c2ccccc2)cc1.c1ccc2c(c1)Oc1cc(-c3cccc4c3oc3ccccc34)cc3c1B2c1ccccc1O3.c1ccc2c(c1)Oc1cc(-c3cccc4c3sc3ccccc34)cc3c1B2c1ccccc1O3. The van der Waals surface area contributed by atoms with Crippen molar-refractivity contribution in [1.82, 2.24) is 4.57 Å². The molecule has 19 aromatic rings. The quantitative estimate of drug-likeness (QED) is 0.159. The standard InChI is InChI=1S/C38H24BNO2.C30H17BO3.C30H17BO2S.3CH4/c1-3-11-25(12-4-1)33-22-28-21-26(19-20-32(28)40(33)29-13-5-2-6-14-29)27-23-36-38-37(24-27)42-35-18-10-8-16-31(35)39(38)30-15-7-9-17-34(30)41-36;1-4-13-24-20(8-1)21-10-7-9-19(30(21)34-24)18-16-27-29-28(17-18)33-26-15-6-3-12-23(26)31(29)22-11-2-5-14-25(22)32-27;1-6-15-28-20(8-1)21-10-7-9-19(30(21)34-28)18-16-26-29-27(17-18)33-25-14-5-3-12-23(25)31(29)22-11-2-4-13-24(22)32-26;;;/h1-24H;2*1-17H;3*1H4. The first kappa shape index (κ1) is 68.4. The summed E-state index contributed by atoms with van der Waals surface area (Å²) in [4.78, 5) is 0. The lowest BCUT2D eigenvalue weighted by Crippen LogP contribution is -2.57. The molecule has 12 heteroatoms. The molecule has 0 spiro atoms. The minimum absolute atomic E-state index is 0. The number of fused-ring (bicyclic) bond motifs is 19. The van der Waals surface area contributed by atoms with E-state index in [-0.39, 0.29) is 42.4 Å². The average Bonchev–Trinajstić information content (AvgIpc) is 1.16. The Morgan fingerprint density at radius 3 is 1.12 bits per heavy atom. The smallest absolute Gasteiger partial charge is 0.260 e. The van der Waals surface area contributed by atoms with Gasteiger partial charge in [0.15, 0.2) is 0 Å². The largest absolute Gasteiger partial charge is 0.458 e. The number of aromatic nitrogens is 1. The zero-order valence-electron chi connectivity index (χ0n) is 58.9. The topological polar surface area (TPSA) is 73.5 Å². The fourth-order valence-corrected chi connectivity index (χ4v) is 18.9. The molecule has 536 valence electrons. The fourth-order valence-electron chi connectivity index (χ4n) is 17.7. The van der Waals surface area contributed by atoms with E-state index < -0.39 is 0 Å². The molecule has 9 heterocycles. The highest BCUT2D eigenvalue weighted by Crippen LogP contribution is 2.47. The molecule has 6 aliphatic rings. The van der Waals surface area contributed by atoms with E-state index in [1.807, 2.05) is 78.1 Å². The molecule has 8 nitrogen and oxygen atoms in total. The number of para-hydroxylation sites is 9. The van der Waals surface area contributed by atoms with E-state index in [9.17, 15) is 0 Å². The number of rotatable bonds is 5. The molecule has 0 aliphatic carbocycles. The number of furan rings is 1. The Kier molecular flexibility index (Phi) is 16.5. The molecule has 3 aromatic heterocycles. The highest BCUT2D eigenvalue weighted by molar-refractivity contribution is 7.26. The molecule has 0 atom stereocenters. The van der Waals surface area contributed by atoms with Crippen LogP contribution in [0.3, 0.4) is 0 Å². The van der Waals surface area contributed by atoms with Gasteiger partial charge in [0.05, 0.1) is 11.2 Å². The second kappa shape index (κ2) is 27.3. The van der Waals surface area contributed by atoms with Crippen molar-refractivity contribution in [2.45, 2.75) is 22.3 Å². The molecule has 0 N–H and O–H groups in total. The molecule has 0 saturated carbocycles. The van der Waals surface area contributed by atoms with E-state index in [0.717, 1.165) is 147 Å². The van der Waals surface area contributed by atoms with Crippen molar-refractivity contribution in [2.24, 2.45) is 0 Å². The molecule has 6 aliphatic heterocycles. The van der Waals surface area contributed by atoms with Crippen molar-refractivity contribution in [3.63, 3.8) is 0 Å². The molecule has 0 fully saturated rings. The Bertz CT molecular complexity index is 6570. The van der Waals surface area contributed by atoms with Crippen molar-refractivity contribution in [2.75, 3.05) is 0 Å². The molecule has 16 aromatic carbocycles. The summed E-state index contributed by atoms with van der Waals surface area (Å²) in [5.41, 5.74) is 23.3. The summed E-state index contributed by atoms with van der Waals surface area (Å²) in [7, 11) is 0. The predicted octanol–water partition coefficient (Wildman–Crippen LogP) is 22.0. The first-order valence-electron chi connectivity index (χ1n) is 37.2. The summed E-state index contributed by atoms with van der Waals surface area (Å²) in [6.07, 6.45) is 0. The first-order chi connectivity index (χ1) is 54.5. The van der Waals surface area contributed by atoms with Gasteiger partial charge in [-0.15, -0.1) is 11.3 Å². The van der Waals surface area contributed by atoms with E-state index in [2.05, 4.69) is 290 Å². The lowest BCUT2D eigenvalue weighted by atomic mass is 9.35. The highest BCUT2D eigenvalue weighted by Gasteiger charge is 2.44. The van der Waals surface area contributed by atoms with E-state index in [0.29, 0.717) is 0 Å². The number of hydrogen-bond donors (Lipinski definition) is 0. The molecule has 0 amide bonds. The van der Waals surface area contributed by atoms with Gasteiger partial charge in [0.2, 0.25) is 0 Å². The van der Waals surface area contributed by atoms with Gasteiger partial charge in [0.25, 0.3) is 20.1 Å². The van der Waals surface area contributed by atoms with Crippen molar-refractivity contribution in [3.8, 4) is 119 Å². The normalized spacial score (nSPS) is 12.6. The van der Waals surface area contributed by atoms with E-state index in [1.54, 1.807) is 0 Å². The summed E-state index contributed by atoms with van der Waals surface area (Å²) >= 11 is 1.84. The Labute approximate surface area is 660 Å². The number of benzene rings is 16. The minimum atomic E-state index is 0. The lowest BCUT2D eigenvalue weighted by Gasteiger charge is -2.33. The second-order valence-corrected chi connectivity index (χ2v) is 29.8. The maximum Gasteiger partial charge on any atom is 0.260 e. The van der Waals surface area contributed by atoms with Crippen molar-refractivity contribution in [1.29, 1.82) is 0 Å². The summed E-state index contributed by atoms with van der Waals surface area (Å²) in [6, 6.07) is 123. The van der Waals surface area contributed by atoms with Gasteiger partial charge in [-0.05, 0) is 181 Å². The monoisotopic (exact) mass is 1470 g/mol. The minimum Gasteiger partial charge on any atom is -0.458 e. The summed E-state index contributed by atoms with van der Waals surface area (Å²) in [5, 5.41) is 6.00. The maximum absolute atomic E-state index is 6.54. The third-order valence-corrected chi connectivity index (χ3v) is 23.7. The molecule has 25 rings (SSSR count). The van der Waals surface area contributed by atoms with Crippen LogP contribution in [0, 0.1) is 0 Å². The van der Waals surface area contributed by atoms with Crippen molar-refractivity contribution >= 4 is 134 Å². The van der Waals surface area contributed by atoms with Crippen LogP contribution in [0.5, 0.6) is 69.0 Å². The first-order valence-corrected chi connectivity index (χ1v) is 38.1. The van der Waals surface area contributed by atoms with E-state index in [4.69, 9.17) is 32.8 Å². The zero-order valence-corrected chi connectivity index (χ0v) is 59.7. The Balaban J connectivity index is 0.000000110. The Hall–Kier alpha value is -13.9. The summed E-state index contributed by atoms with van der Waals surface area (Å²) in [6.45, 7) is 0.264. The van der Waals surface area contributed by atoms with Crippen LogP contribution in [-0.4, -0.2) is 24.7 Å². The third kappa shape index (κ3) is 11.0. The van der Waals surface area contributed by atoms with Gasteiger partial charge < -0.3 is 37.4 Å². The van der Waals surface area contributed by atoms with Crippen molar-refractivity contribution < 1.29 is 32.8 Å². The van der Waals surface area contributed by atoms with Crippen LogP contribution < -0.4 is 77.6 Å². The van der Waals surface area contributed by atoms with Crippen LogP contribution in [-0.2, 0) is 0 Å². The summed E-state index contributed by atoms with van der Waals surface area (Å²) < 4.78 is 50.3. The highest BCUT2D eigenvalue weighted by atomic mass is 32.1. The van der Waals surface area contributed by atoms with Crippen molar-refractivity contribution in [3.05, 3.63) is 352 Å². The lowest BCUT2D eigenvalue weighted by molar-refractivity contribution is 0.464. The molecular weight excluding hydrogens is 1400 g/mol. The predicted molar refractivity (Wildman–Crippen MR) is 471 cm³/mol. The average molecular weight is 1470 g/mol. The van der Waals surface area contributed by atoms with Gasteiger partial charge in [-0.25, -0.2) is 0 Å². The number of hydrogen-bond acceptors (Lipinski definition) is 8. The van der Waals surface area contributed by atoms with Crippen LogP contribution >= 0.6 is 11.3 Å². The maximum atomic E-state index is 6.54. The number of nitrogens with zero attached hydrogens (tertiary/aromatic N) is 1. The molecule has 0 saturated heterocycles. The third-order valence-electron chi connectivity index (χ3n) is 22.5. The molecule has 113 heavy (non-hydrogen) atoms. The van der Waals surface area contributed by atoms with Gasteiger partial charge in [-0.1, -0.05) is 259 Å². The van der Waals surface area contributed by atoms with Gasteiger partial charge in [-0.2, -0.15) is 0 Å². The number of thiophene rings is 1. The van der Waals surface area contributed by atoms with E-state index in [1.165, 1.54) is 75.0 Å². The molecule has 0 unspecified atom stereocenters. The van der Waals surface area contributed by atoms with Gasteiger partial charge >= 0.3 is 0 Å². The van der Waals surface area contributed by atoms with Gasteiger partial charge in [0.1, 0.15) is 80.2 Å². The molecular formula is C101H70B3NO7S. The van der Waals surface area contributed by atoms with Gasteiger partial charge in [-0.3, -0.25) is 0 Å². The second-order valence-electron chi connectivity index (χ2n) is 28.7.